The summed E-state index contributed by atoms with van der Waals surface area (Å²) in [5.41, 5.74) is 0.224. The monoisotopic (exact) mass is 409 g/mol. The zero-order chi connectivity index (χ0) is 20.4. The smallest absolute Gasteiger partial charge is 0.352 e. The van der Waals surface area contributed by atoms with E-state index in [4.69, 9.17) is 4.74 Å². The Hall–Kier alpha value is -3.02. The maximum atomic E-state index is 12.6. The molecule has 1 aromatic heterocycles. The first-order valence-corrected chi connectivity index (χ1v) is 9.51. The maximum Gasteiger partial charge on any atom is 0.352 e. The number of aromatic nitrogens is 2. The number of ether oxygens (including phenoxy) is 1. The first-order chi connectivity index (χ1) is 13.3. The van der Waals surface area contributed by atoms with Gasteiger partial charge in [-0.2, -0.15) is 4.98 Å². The number of nitrogens with one attached hydrogen (secondary N) is 3. The number of carboxylic acids is 1. The Labute approximate surface area is 163 Å². The Bertz CT molecular complexity index is 865. The van der Waals surface area contributed by atoms with E-state index in [2.05, 4.69) is 20.6 Å². The van der Waals surface area contributed by atoms with Crippen molar-refractivity contribution in [3.05, 3.63) is 17.5 Å². The molecule has 0 bridgehead atoms. The minimum Gasteiger partial charge on any atom is -0.477 e. The fourth-order valence-corrected chi connectivity index (χ4v) is 4.15. The standard InChI is InChI=1S/C16H19N5O6S/c1-3-10(23)18-9-4-17-16(19-9)20-11-13(24)21-12(15(25)26)8(5-27-7(2)22)6-28-14(11)21/h4,11,14H,3,5-6H2,1-2H3,(H,18,23)(H,25,26)(H2,17,19,20)/t11?,14-/m1/s1. The third kappa shape index (κ3) is 3.81. The number of hydrogen-bond acceptors (Lipinski definition) is 8. The Morgan fingerprint density at radius 2 is 2.21 bits per heavy atom. The molecular weight excluding hydrogens is 390 g/mol. The van der Waals surface area contributed by atoms with Gasteiger partial charge in [-0.05, 0) is 0 Å². The Kier molecular flexibility index (Phi) is 5.58. The lowest BCUT2D eigenvalue weighted by molar-refractivity contribution is -0.147. The number of nitrogens with zero attached hydrogens (tertiary/aromatic N) is 2. The fourth-order valence-electron chi connectivity index (χ4n) is 2.82. The number of esters is 1. The zero-order valence-electron chi connectivity index (χ0n) is 15.1. The van der Waals surface area contributed by atoms with Crippen molar-refractivity contribution in [3.63, 3.8) is 0 Å². The van der Waals surface area contributed by atoms with Crippen LogP contribution in [0.5, 0.6) is 0 Å². The van der Waals surface area contributed by atoms with Crippen LogP contribution in [-0.4, -0.2) is 67.5 Å². The molecular formula is C16H19N5O6S. The van der Waals surface area contributed by atoms with Crippen LogP contribution in [0.1, 0.15) is 20.3 Å². The summed E-state index contributed by atoms with van der Waals surface area (Å²) in [7, 11) is 0. The van der Waals surface area contributed by atoms with Gasteiger partial charge in [-0.25, -0.2) is 4.79 Å². The second-order valence-corrected chi connectivity index (χ2v) is 7.21. The summed E-state index contributed by atoms with van der Waals surface area (Å²) in [6.45, 7) is 2.78. The SMILES string of the molecule is CCC(=O)Nc1c[nH]c(NC2C(=O)N3C(C(=O)O)=C(COC(C)=O)CS[C@H]23)n1. The number of carbonyl (C=O) groups excluding carboxylic acids is 3. The number of aromatic amines is 1. The van der Waals surface area contributed by atoms with Crippen molar-refractivity contribution >= 4 is 47.3 Å². The largest absolute Gasteiger partial charge is 0.477 e. The highest BCUT2D eigenvalue weighted by molar-refractivity contribution is 8.00. The number of carboxylic acid groups (broad SMARTS) is 1. The van der Waals surface area contributed by atoms with Gasteiger partial charge in [0.15, 0.2) is 5.82 Å². The molecule has 0 spiro atoms. The molecule has 0 saturated carbocycles. The molecule has 12 heteroatoms. The molecule has 3 rings (SSSR count). The van der Waals surface area contributed by atoms with Crippen LogP contribution >= 0.6 is 11.8 Å². The topological polar surface area (TPSA) is 154 Å². The Morgan fingerprint density at radius 3 is 2.86 bits per heavy atom. The predicted octanol–water partition coefficient (Wildman–Crippen LogP) is 0.356. The van der Waals surface area contributed by atoms with Crippen molar-refractivity contribution in [2.45, 2.75) is 31.7 Å². The minimum atomic E-state index is -1.25. The maximum absolute atomic E-state index is 12.6. The summed E-state index contributed by atoms with van der Waals surface area (Å²) in [5, 5.41) is 14.6. The Balaban J connectivity index is 1.71. The van der Waals surface area contributed by atoms with Crippen molar-refractivity contribution in [3.8, 4) is 0 Å². The van der Waals surface area contributed by atoms with E-state index in [9.17, 15) is 24.3 Å². The van der Waals surface area contributed by atoms with Gasteiger partial charge in [-0.15, -0.1) is 11.8 Å². The summed E-state index contributed by atoms with van der Waals surface area (Å²) in [5.74, 6) is -1.46. The van der Waals surface area contributed by atoms with Crippen LogP contribution < -0.4 is 10.6 Å². The number of thioether (sulfide) groups is 1. The zero-order valence-corrected chi connectivity index (χ0v) is 16.0. The molecule has 4 N–H and O–H groups in total. The van der Waals surface area contributed by atoms with E-state index in [0.29, 0.717) is 23.6 Å². The lowest BCUT2D eigenvalue weighted by Crippen LogP contribution is -2.67. The second-order valence-electron chi connectivity index (χ2n) is 6.11. The Morgan fingerprint density at radius 1 is 1.46 bits per heavy atom. The lowest BCUT2D eigenvalue weighted by Gasteiger charge is -2.49. The van der Waals surface area contributed by atoms with Gasteiger partial charge in [0.2, 0.25) is 11.9 Å². The van der Waals surface area contributed by atoms with Crippen LogP contribution in [0, 0.1) is 0 Å². The number of fused-ring (bicyclic) bond motifs is 1. The van der Waals surface area contributed by atoms with Gasteiger partial charge < -0.3 is 25.5 Å². The average molecular weight is 409 g/mol. The number of aliphatic carboxylic acids is 1. The van der Waals surface area contributed by atoms with E-state index in [0.717, 1.165) is 0 Å². The van der Waals surface area contributed by atoms with E-state index >= 15 is 0 Å². The molecule has 11 nitrogen and oxygen atoms in total. The molecule has 150 valence electrons. The van der Waals surface area contributed by atoms with Gasteiger partial charge in [0, 0.05) is 30.9 Å². The highest BCUT2D eigenvalue weighted by atomic mass is 32.2. The third-order valence-electron chi connectivity index (χ3n) is 4.16. The first kappa shape index (κ1) is 19.7. The van der Waals surface area contributed by atoms with Gasteiger partial charge in [0.25, 0.3) is 5.91 Å². The molecule has 2 aliphatic heterocycles. The number of imidazole rings is 1. The molecule has 1 aromatic rings. The molecule has 0 aliphatic carbocycles. The molecule has 28 heavy (non-hydrogen) atoms. The molecule has 1 unspecified atom stereocenters. The minimum absolute atomic E-state index is 0.150. The van der Waals surface area contributed by atoms with E-state index in [1.807, 2.05) is 0 Å². The van der Waals surface area contributed by atoms with Crippen molar-refractivity contribution in [2.75, 3.05) is 23.0 Å². The number of rotatable bonds is 7. The van der Waals surface area contributed by atoms with Gasteiger partial charge in [0.05, 0.1) is 0 Å². The van der Waals surface area contributed by atoms with E-state index in [1.54, 1.807) is 6.92 Å². The van der Waals surface area contributed by atoms with Crippen LogP contribution in [0.3, 0.4) is 0 Å². The molecule has 2 amide bonds. The third-order valence-corrected chi connectivity index (χ3v) is 5.50. The number of amides is 2. The summed E-state index contributed by atoms with van der Waals surface area (Å²) in [6, 6.07) is -0.671. The lowest BCUT2D eigenvalue weighted by atomic mass is 10.0. The number of β-lactam (4-membered cyclic amide) rings is 1. The van der Waals surface area contributed by atoms with Crippen LogP contribution in [0.25, 0.3) is 0 Å². The van der Waals surface area contributed by atoms with Crippen LogP contribution in [0.2, 0.25) is 0 Å². The number of H-pyrrole nitrogens is 1. The molecule has 2 atom stereocenters. The number of anilines is 2. The normalized spacial score (nSPS) is 20.9. The molecule has 0 radical (unpaired) electrons. The van der Waals surface area contributed by atoms with Gasteiger partial charge in [-0.3, -0.25) is 19.3 Å². The highest BCUT2D eigenvalue weighted by Crippen LogP contribution is 2.41. The van der Waals surface area contributed by atoms with Crippen molar-refractivity contribution in [1.82, 2.24) is 14.9 Å². The molecule has 3 heterocycles. The predicted molar refractivity (Wildman–Crippen MR) is 99.3 cm³/mol. The highest BCUT2D eigenvalue weighted by Gasteiger charge is 2.54. The van der Waals surface area contributed by atoms with Gasteiger partial charge in [-0.1, -0.05) is 6.92 Å². The summed E-state index contributed by atoms with van der Waals surface area (Å²) < 4.78 is 4.89. The van der Waals surface area contributed by atoms with Crippen molar-refractivity contribution < 1.29 is 29.0 Å². The van der Waals surface area contributed by atoms with Gasteiger partial charge >= 0.3 is 11.9 Å². The molecule has 2 aliphatic rings. The number of carbonyl (C=O) groups is 4. The summed E-state index contributed by atoms with van der Waals surface area (Å²) >= 11 is 1.36. The van der Waals surface area contributed by atoms with Crippen molar-refractivity contribution in [2.24, 2.45) is 0 Å². The van der Waals surface area contributed by atoms with Crippen molar-refractivity contribution in [1.29, 1.82) is 0 Å². The second kappa shape index (κ2) is 7.92. The van der Waals surface area contributed by atoms with E-state index in [1.165, 1.54) is 29.8 Å². The average Bonchev–Trinajstić information content (AvgIpc) is 3.10. The molecule has 1 saturated heterocycles. The van der Waals surface area contributed by atoms with Crippen LogP contribution in [0.15, 0.2) is 17.5 Å². The van der Waals surface area contributed by atoms with E-state index in [-0.39, 0.29) is 24.2 Å². The van der Waals surface area contributed by atoms with Gasteiger partial charge in [0.1, 0.15) is 23.7 Å². The summed E-state index contributed by atoms with van der Waals surface area (Å²) in [4.78, 5) is 54.8. The van der Waals surface area contributed by atoms with Crippen LogP contribution in [-0.2, 0) is 23.9 Å². The summed E-state index contributed by atoms with van der Waals surface area (Å²) in [6.07, 6.45) is 1.80. The first-order valence-electron chi connectivity index (χ1n) is 8.47. The van der Waals surface area contributed by atoms with E-state index < -0.39 is 29.3 Å². The molecule has 1 fully saturated rings. The number of hydrogen-bond donors (Lipinski definition) is 4. The van der Waals surface area contributed by atoms with Crippen LogP contribution in [0.4, 0.5) is 11.8 Å². The molecule has 0 aromatic carbocycles. The quantitative estimate of drug-likeness (QED) is 0.369. The fraction of sp³-hybridized carbons (Fsp3) is 0.438.